The smallest absolute Gasteiger partial charge is 0.164 e. The maximum Gasteiger partial charge on any atom is 0.164 e. The highest BCUT2D eigenvalue weighted by molar-refractivity contribution is 6.26. The first-order valence-corrected chi connectivity index (χ1v) is 20.4. The van der Waals surface area contributed by atoms with Gasteiger partial charge in [0.25, 0.3) is 0 Å². The summed E-state index contributed by atoms with van der Waals surface area (Å²) in [6, 6.07) is 75.8. The van der Waals surface area contributed by atoms with Gasteiger partial charge in [0.2, 0.25) is 0 Å². The number of hydrogen-bond acceptors (Lipinski definition) is 3. The third kappa shape index (κ3) is 5.55. The SMILES string of the molecule is c1ccc(-c2ccccc2-c2nc(-c3ccc(-c4c5ccccc5cc5c4ccc4ccccc45)cc3)nc(-c3ccc4c5ccccc5c5ccccc5c4c3)n2)cc1. The molecule has 0 unspecified atom stereocenters. The Morgan fingerprint density at radius 1 is 0.217 bits per heavy atom. The van der Waals surface area contributed by atoms with Gasteiger partial charge in [-0.2, -0.15) is 0 Å². The second-order valence-corrected chi connectivity index (χ2v) is 15.5. The fourth-order valence-electron chi connectivity index (χ4n) is 9.27. The first kappa shape index (κ1) is 34.1. The van der Waals surface area contributed by atoms with Crippen molar-refractivity contribution in [1.29, 1.82) is 0 Å². The maximum absolute atomic E-state index is 5.27. The second kappa shape index (κ2) is 13.8. The molecule has 1 aromatic heterocycles. The van der Waals surface area contributed by atoms with Crippen molar-refractivity contribution in [2.45, 2.75) is 0 Å². The molecule has 0 bridgehead atoms. The first-order valence-electron chi connectivity index (χ1n) is 20.4. The summed E-state index contributed by atoms with van der Waals surface area (Å²) in [6.45, 7) is 0. The van der Waals surface area contributed by atoms with Gasteiger partial charge in [-0.15, -0.1) is 0 Å². The van der Waals surface area contributed by atoms with E-state index >= 15 is 0 Å². The van der Waals surface area contributed by atoms with Crippen molar-refractivity contribution in [1.82, 2.24) is 15.0 Å². The van der Waals surface area contributed by atoms with Gasteiger partial charge in [-0.05, 0) is 99.0 Å². The number of hydrogen-bond donors (Lipinski definition) is 0. The molecule has 3 nitrogen and oxygen atoms in total. The van der Waals surface area contributed by atoms with Crippen LogP contribution in [0.4, 0.5) is 0 Å². The van der Waals surface area contributed by atoms with Gasteiger partial charge >= 0.3 is 0 Å². The summed E-state index contributed by atoms with van der Waals surface area (Å²) >= 11 is 0. The van der Waals surface area contributed by atoms with Gasteiger partial charge in [0, 0.05) is 16.7 Å². The largest absolute Gasteiger partial charge is 0.208 e. The fraction of sp³-hybridized carbons (Fsp3) is 0. The Labute approximate surface area is 346 Å². The molecule has 1 heterocycles. The van der Waals surface area contributed by atoms with E-state index in [2.05, 4.69) is 206 Å². The van der Waals surface area contributed by atoms with Crippen molar-refractivity contribution in [2.75, 3.05) is 0 Å². The molecule has 0 N–H and O–H groups in total. The Bertz CT molecular complexity index is 3610. The van der Waals surface area contributed by atoms with E-state index in [4.69, 9.17) is 15.0 Å². The van der Waals surface area contributed by atoms with Crippen LogP contribution in [0.3, 0.4) is 0 Å². The molecule has 0 radical (unpaired) electrons. The predicted octanol–water partition coefficient (Wildman–Crippen LogP) is 15.1. The molecular formula is C57H35N3. The summed E-state index contributed by atoms with van der Waals surface area (Å²) in [5, 5.41) is 14.8. The van der Waals surface area contributed by atoms with E-state index < -0.39 is 0 Å². The number of benzene rings is 11. The minimum atomic E-state index is 0.627. The normalized spacial score (nSPS) is 11.7. The monoisotopic (exact) mass is 761 g/mol. The molecule has 0 fully saturated rings. The summed E-state index contributed by atoms with van der Waals surface area (Å²) in [6.07, 6.45) is 0. The Hall–Kier alpha value is -8.01. The van der Waals surface area contributed by atoms with Crippen LogP contribution in [0.25, 0.3) is 121 Å². The molecular weight excluding hydrogens is 727 g/mol. The van der Waals surface area contributed by atoms with E-state index in [9.17, 15) is 0 Å². The summed E-state index contributed by atoms with van der Waals surface area (Å²) < 4.78 is 0. The Morgan fingerprint density at radius 3 is 1.40 bits per heavy atom. The molecule has 0 atom stereocenters. The van der Waals surface area contributed by atoms with Crippen molar-refractivity contribution in [3.63, 3.8) is 0 Å². The van der Waals surface area contributed by atoms with Gasteiger partial charge in [-0.1, -0.05) is 200 Å². The Kier molecular flexibility index (Phi) is 7.85. The standard InChI is InChI=1S/C57H35N3/c1-2-14-36(15-3-1)42-18-8-13-25-51(42)57-59-55(58-56(60-57)41-31-32-49-47-23-10-9-21-45(47)46-22-11-12-24-48(46)53(49)35-41)39-28-26-38(27-29-39)54-44-20-7-5-17-40(44)34-52-43-19-6-4-16-37(43)30-33-50(52)54/h1-35H. The van der Waals surface area contributed by atoms with Gasteiger partial charge < -0.3 is 0 Å². The molecule has 60 heavy (non-hydrogen) atoms. The molecule has 0 saturated heterocycles. The number of rotatable bonds is 5. The van der Waals surface area contributed by atoms with Crippen LogP contribution in [0.2, 0.25) is 0 Å². The number of fused-ring (bicyclic) bond motifs is 10. The van der Waals surface area contributed by atoms with Crippen LogP contribution in [0.15, 0.2) is 212 Å². The Balaban J connectivity index is 1.06. The third-order valence-electron chi connectivity index (χ3n) is 12.1. The van der Waals surface area contributed by atoms with Gasteiger partial charge in [0.05, 0.1) is 0 Å². The highest BCUT2D eigenvalue weighted by atomic mass is 15.0. The highest BCUT2D eigenvalue weighted by Gasteiger charge is 2.18. The minimum Gasteiger partial charge on any atom is -0.208 e. The van der Waals surface area contributed by atoms with Crippen LogP contribution in [0.5, 0.6) is 0 Å². The molecule has 3 heteroatoms. The fourth-order valence-corrected chi connectivity index (χ4v) is 9.27. The zero-order valence-corrected chi connectivity index (χ0v) is 32.5. The quantitative estimate of drug-likeness (QED) is 0.129. The number of aromatic nitrogens is 3. The van der Waals surface area contributed by atoms with Crippen molar-refractivity contribution >= 4 is 64.6 Å². The first-order chi connectivity index (χ1) is 29.7. The predicted molar refractivity (Wildman–Crippen MR) is 252 cm³/mol. The van der Waals surface area contributed by atoms with Gasteiger partial charge in [0.1, 0.15) is 0 Å². The molecule has 278 valence electrons. The van der Waals surface area contributed by atoms with Gasteiger partial charge in [-0.25, -0.2) is 15.0 Å². The lowest BCUT2D eigenvalue weighted by molar-refractivity contribution is 1.07. The summed E-state index contributed by atoms with van der Waals surface area (Å²) in [7, 11) is 0. The third-order valence-corrected chi connectivity index (χ3v) is 12.1. The van der Waals surface area contributed by atoms with Crippen LogP contribution < -0.4 is 0 Å². The van der Waals surface area contributed by atoms with E-state index in [0.29, 0.717) is 17.5 Å². The molecule has 0 amide bonds. The summed E-state index contributed by atoms with van der Waals surface area (Å²) in [5.41, 5.74) is 7.38. The zero-order chi connectivity index (χ0) is 39.6. The van der Waals surface area contributed by atoms with Crippen molar-refractivity contribution in [2.24, 2.45) is 0 Å². The van der Waals surface area contributed by atoms with E-state index in [-0.39, 0.29) is 0 Å². The molecule has 0 aliphatic heterocycles. The average Bonchev–Trinajstić information content (AvgIpc) is 3.33. The molecule has 12 rings (SSSR count). The lowest BCUT2D eigenvalue weighted by Crippen LogP contribution is -2.01. The second-order valence-electron chi connectivity index (χ2n) is 15.5. The summed E-state index contributed by atoms with van der Waals surface area (Å²) in [4.78, 5) is 15.8. The van der Waals surface area contributed by atoms with Crippen LogP contribution in [0.1, 0.15) is 0 Å². The zero-order valence-electron chi connectivity index (χ0n) is 32.5. The molecule has 0 aliphatic rings. The minimum absolute atomic E-state index is 0.627. The average molecular weight is 762 g/mol. The van der Waals surface area contributed by atoms with Crippen LogP contribution >= 0.6 is 0 Å². The van der Waals surface area contributed by atoms with E-state index in [1.807, 2.05) is 6.07 Å². The topological polar surface area (TPSA) is 38.7 Å². The van der Waals surface area contributed by atoms with Gasteiger partial charge in [0.15, 0.2) is 17.5 Å². The summed E-state index contributed by atoms with van der Waals surface area (Å²) in [5.74, 6) is 1.89. The number of nitrogens with zero attached hydrogens (tertiary/aromatic N) is 3. The lowest BCUT2D eigenvalue weighted by Gasteiger charge is -2.15. The molecule has 0 saturated carbocycles. The molecule has 11 aromatic carbocycles. The lowest BCUT2D eigenvalue weighted by atomic mass is 9.89. The maximum atomic E-state index is 5.27. The van der Waals surface area contributed by atoms with Crippen molar-refractivity contribution in [3.05, 3.63) is 212 Å². The van der Waals surface area contributed by atoms with E-state index in [0.717, 1.165) is 33.4 Å². The Morgan fingerprint density at radius 2 is 0.683 bits per heavy atom. The van der Waals surface area contributed by atoms with Crippen molar-refractivity contribution < 1.29 is 0 Å². The van der Waals surface area contributed by atoms with Gasteiger partial charge in [-0.3, -0.25) is 0 Å². The molecule has 12 aromatic rings. The van der Waals surface area contributed by atoms with Crippen LogP contribution in [0, 0.1) is 0 Å². The molecule has 0 aliphatic carbocycles. The molecule has 0 spiro atoms. The van der Waals surface area contributed by atoms with E-state index in [1.165, 1.54) is 70.2 Å². The van der Waals surface area contributed by atoms with Crippen LogP contribution in [-0.2, 0) is 0 Å². The van der Waals surface area contributed by atoms with Crippen molar-refractivity contribution in [3.8, 4) is 56.4 Å². The van der Waals surface area contributed by atoms with E-state index in [1.54, 1.807) is 0 Å². The van der Waals surface area contributed by atoms with Crippen LogP contribution in [-0.4, -0.2) is 15.0 Å². The highest BCUT2D eigenvalue weighted by Crippen LogP contribution is 2.41.